The first-order valence-corrected chi connectivity index (χ1v) is 10.3. The first kappa shape index (κ1) is 19.9. The van der Waals surface area contributed by atoms with E-state index in [0.29, 0.717) is 13.0 Å². The lowest BCUT2D eigenvalue weighted by Crippen LogP contribution is -2.50. The van der Waals surface area contributed by atoms with Gasteiger partial charge in [0.15, 0.2) is 0 Å². The molecule has 0 bridgehead atoms. The minimum absolute atomic E-state index is 0.0560. The highest BCUT2D eigenvalue weighted by molar-refractivity contribution is 5.79. The van der Waals surface area contributed by atoms with Crippen molar-refractivity contribution < 1.29 is 9.90 Å². The van der Waals surface area contributed by atoms with Gasteiger partial charge in [-0.3, -0.25) is 9.69 Å². The normalized spacial score (nSPS) is 23.9. The summed E-state index contributed by atoms with van der Waals surface area (Å²) in [5.74, 6) is -0.0560. The zero-order chi connectivity index (χ0) is 19.1. The Morgan fingerprint density at radius 1 is 1.22 bits per heavy atom. The predicted octanol–water partition coefficient (Wildman–Crippen LogP) is 3.31. The molecule has 27 heavy (non-hydrogen) atoms. The Balaban J connectivity index is 1.62. The van der Waals surface area contributed by atoms with Crippen molar-refractivity contribution >= 4 is 5.91 Å². The van der Waals surface area contributed by atoms with Gasteiger partial charge >= 0.3 is 0 Å². The molecular formula is C22H31N3O2. The van der Waals surface area contributed by atoms with Gasteiger partial charge in [-0.15, -0.1) is 0 Å². The largest absolute Gasteiger partial charge is 0.388 e. The fourth-order valence-corrected chi connectivity index (χ4v) is 4.52. The fourth-order valence-electron chi connectivity index (χ4n) is 4.52. The maximum Gasteiger partial charge on any atom is 0.235 e. The van der Waals surface area contributed by atoms with E-state index in [2.05, 4.69) is 16.3 Å². The van der Waals surface area contributed by atoms with Crippen LogP contribution < -0.4 is 5.32 Å². The molecule has 1 aliphatic heterocycles. The van der Waals surface area contributed by atoms with Gasteiger partial charge in [0, 0.05) is 6.04 Å². The van der Waals surface area contributed by atoms with Gasteiger partial charge in [0.2, 0.25) is 5.91 Å². The summed E-state index contributed by atoms with van der Waals surface area (Å²) in [4.78, 5) is 14.9. The second-order valence-electron chi connectivity index (χ2n) is 8.09. The minimum Gasteiger partial charge on any atom is -0.388 e. The maximum absolute atomic E-state index is 12.7. The molecule has 5 nitrogen and oxygen atoms in total. The molecule has 2 atom stereocenters. The molecule has 5 heteroatoms. The number of likely N-dealkylation sites (tertiary alicyclic amines) is 1. The highest BCUT2D eigenvalue weighted by Gasteiger charge is 2.36. The maximum atomic E-state index is 12.7. The molecule has 0 aromatic heterocycles. The van der Waals surface area contributed by atoms with Crippen LogP contribution in [0.2, 0.25) is 0 Å². The molecule has 2 aliphatic rings. The Labute approximate surface area is 162 Å². The van der Waals surface area contributed by atoms with Crippen molar-refractivity contribution in [2.75, 3.05) is 13.1 Å². The lowest BCUT2D eigenvalue weighted by atomic mass is 9.97. The Kier molecular flexibility index (Phi) is 6.87. The van der Waals surface area contributed by atoms with Gasteiger partial charge in [-0.25, -0.2) is 0 Å². The van der Waals surface area contributed by atoms with E-state index in [1.165, 1.54) is 0 Å². The number of nitrogens with one attached hydrogen (secondary N) is 1. The number of rotatable bonds is 6. The number of benzene rings is 1. The van der Waals surface area contributed by atoms with Crippen LogP contribution in [0.15, 0.2) is 30.3 Å². The smallest absolute Gasteiger partial charge is 0.235 e. The molecule has 3 rings (SSSR count). The summed E-state index contributed by atoms with van der Waals surface area (Å²) in [6.07, 6.45) is 8.02. The Hall–Kier alpha value is -1.90. The van der Waals surface area contributed by atoms with Crippen molar-refractivity contribution in [3.05, 3.63) is 35.9 Å². The lowest BCUT2D eigenvalue weighted by Gasteiger charge is -2.32. The summed E-state index contributed by atoms with van der Waals surface area (Å²) in [6.45, 7) is 1.19. The summed E-state index contributed by atoms with van der Waals surface area (Å²) in [5, 5.41) is 23.2. The molecule has 1 aliphatic carbocycles. The second-order valence-corrected chi connectivity index (χ2v) is 8.09. The molecule has 1 heterocycles. The third kappa shape index (κ3) is 5.31. The molecule has 1 saturated heterocycles. The predicted molar refractivity (Wildman–Crippen MR) is 105 cm³/mol. The van der Waals surface area contributed by atoms with Gasteiger partial charge in [0.1, 0.15) is 5.54 Å². The highest BCUT2D eigenvalue weighted by Crippen LogP contribution is 2.29. The summed E-state index contributed by atoms with van der Waals surface area (Å²) in [5.41, 5.74) is 0.266. The van der Waals surface area contributed by atoms with Crippen molar-refractivity contribution in [3.63, 3.8) is 0 Å². The van der Waals surface area contributed by atoms with E-state index in [1.54, 1.807) is 0 Å². The van der Waals surface area contributed by atoms with E-state index in [9.17, 15) is 15.2 Å². The summed E-state index contributed by atoms with van der Waals surface area (Å²) >= 11 is 0. The van der Waals surface area contributed by atoms with Crippen LogP contribution in [0.1, 0.15) is 69.5 Å². The number of carbonyl (C=O) groups is 1. The highest BCUT2D eigenvalue weighted by atomic mass is 16.3. The van der Waals surface area contributed by atoms with Crippen molar-refractivity contribution in [2.45, 2.75) is 75.5 Å². The van der Waals surface area contributed by atoms with Crippen molar-refractivity contribution in [2.24, 2.45) is 0 Å². The molecular weight excluding hydrogens is 338 g/mol. The lowest BCUT2D eigenvalue weighted by molar-refractivity contribution is -0.124. The fraction of sp³-hybridized carbons (Fsp3) is 0.636. The SMILES string of the molecule is N#CC1(NC(=O)CN2CCCCC[C@H]2C[C@H](O)c2ccccc2)CCCC1. The summed E-state index contributed by atoms with van der Waals surface area (Å²) in [6, 6.07) is 12.3. The molecule has 146 valence electrons. The first-order chi connectivity index (χ1) is 13.1. The van der Waals surface area contributed by atoms with E-state index >= 15 is 0 Å². The van der Waals surface area contributed by atoms with Gasteiger partial charge in [-0.05, 0) is 57.1 Å². The van der Waals surface area contributed by atoms with E-state index < -0.39 is 11.6 Å². The van der Waals surface area contributed by atoms with Crippen molar-refractivity contribution in [3.8, 4) is 6.07 Å². The monoisotopic (exact) mass is 369 g/mol. The van der Waals surface area contributed by atoms with Crippen LogP contribution in [0.25, 0.3) is 0 Å². The molecule has 0 spiro atoms. The van der Waals surface area contributed by atoms with Gasteiger partial charge in [0.05, 0.1) is 18.7 Å². The number of aliphatic hydroxyl groups excluding tert-OH is 1. The number of carbonyl (C=O) groups excluding carboxylic acids is 1. The number of hydrogen-bond donors (Lipinski definition) is 2. The Morgan fingerprint density at radius 2 is 1.96 bits per heavy atom. The third-order valence-electron chi connectivity index (χ3n) is 6.08. The van der Waals surface area contributed by atoms with E-state index in [4.69, 9.17) is 0 Å². The molecule has 2 fully saturated rings. The zero-order valence-electron chi connectivity index (χ0n) is 16.1. The minimum atomic E-state index is -0.665. The quantitative estimate of drug-likeness (QED) is 0.807. The molecule has 1 aromatic carbocycles. The topological polar surface area (TPSA) is 76.4 Å². The molecule has 1 amide bonds. The Morgan fingerprint density at radius 3 is 2.67 bits per heavy atom. The van der Waals surface area contributed by atoms with Crippen molar-refractivity contribution in [1.82, 2.24) is 10.2 Å². The van der Waals surface area contributed by atoms with Gasteiger partial charge in [-0.1, -0.05) is 43.2 Å². The van der Waals surface area contributed by atoms with Gasteiger partial charge in [0.25, 0.3) is 0 Å². The van der Waals surface area contributed by atoms with Crippen LogP contribution in [-0.2, 0) is 4.79 Å². The number of hydrogen-bond acceptors (Lipinski definition) is 4. The summed E-state index contributed by atoms with van der Waals surface area (Å²) < 4.78 is 0. The molecule has 1 saturated carbocycles. The third-order valence-corrected chi connectivity index (χ3v) is 6.08. The van der Waals surface area contributed by atoms with E-state index in [0.717, 1.165) is 63.5 Å². The first-order valence-electron chi connectivity index (χ1n) is 10.3. The average molecular weight is 370 g/mol. The van der Waals surface area contributed by atoms with Crippen LogP contribution in [-0.4, -0.2) is 40.6 Å². The standard InChI is InChI=1S/C22H31N3O2/c23-17-22(12-6-7-13-22)24-21(27)16-25-14-8-2-5-11-19(25)15-20(26)18-9-3-1-4-10-18/h1,3-4,9-10,19-20,26H,2,5-8,11-16H2,(H,24,27)/t19-,20-/m0/s1. The van der Waals surface area contributed by atoms with Crippen molar-refractivity contribution in [1.29, 1.82) is 5.26 Å². The number of amides is 1. The van der Waals surface area contributed by atoms with Crippen LogP contribution >= 0.6 is 0 Å². The molecule has 0 unspecified atom stereocenters. The second kappa shape index (κ2) is 9.34. The molecule has 0 radical (unpaired) electrons. The number of nitriles is 1. The molecule has 1 aromatic rings. The van der Waals surface area contributed by atoms with E-state index in [-0.39, 0.29) is 11.9 Å². The van der Waals surface area contributed by atoms with Gasteiger partial charge in [-0.2, -0.15) is 5.26 Å². The van der Waals surface area contributed by atoms with Crippen LogP contribution in [0.4, 0.5) is 0 Å². The zero-order valence-corrected chi connectivity index (χ0v) is 16.1. The number of nitrogens with zero attached hydrogens (tertiary/aromatic N) is 2. The van der Waals surface area contributed by atoms with Gasteiger partial charge < -0.3 is 10.4 Å². The number of aliphatic hydroxyl groups is 1. The van der Waals surface area contributed by atoms with E-state index in [1.807, 2.05) is 30.3 Å². The average Bonchev–Trinajstić information content (AvgIpc) is 3.05. The summed E-state index contributed by atoms with van der Waals surface area (Å²) in [7, 11) is 0. The van der Waals surface area contributed by atoms with Crippen LogP contribution in [0.3, 0.4) is 0 Å². The van der Waals surface area contributed by atoms with Crippen LogP contribution in [0, 0.1) is 11.3 Å². The molecule has 2 N–H and O–H groups in total. The van der Waals surface area contributed by atoms with Crippen LogP contribution in [0.5, 0.6) is 0 Å². The Bertz CT molecular complexity index is 649.